The number of carbonyl (C=O) groups excluding carboxylic acids is 1. The Balaban J connectivity index is 1.68. The van der Waals surface area contributed by atoms with Crippen LogP contribution in [0.15, 0.2) is 72.3 Å². The van der Waals surface area contributed by atoms with Gasteiger partial charge in [0.1, 0.15) is 18.2 Å². The summed E-state index contributed by atoms with van der Waals surface area (Å²) in [6.45, 7) is 0.581. The molecule has 35 heavy (non-hydrogen) atoms. The van der Waals surface area contributed by atoms with Crippen LogP contribution in [0.1, 0.15) is 28.7 Å². The highest BCUT2D eigenvalue weighted by Gasteiger charge is 2.15. The maximum Gasteiger partial charge on any atom is 0.261 e. The van der Waals surface area contributed by atoms with E-state index in [1.165, 1.54) is 18.7 Å². The molecule has 0 atom stereocenters. The molecule has 3 aromatic carbocycles. The Morgan fingerprint density at radius 3 is 2.54 bits per heavy atom. The fourth-order valence-electron chi connectivity index (χ4n) is 3.42. The largest absolute Gasteiger partial charge is 0.493 e. The molecule has 176 valence electrons. The van der Waals surface area contributed by atoms with E-state index >= 15 is 0 Å². The Morgan fingerprint density at radius 1 is 1.09 bits per heavy atom. The normalized spacial score (nSPS) is 10.7. The summed E-state index contributed by atoms with van der Waals surface area (Å²) in [5.41, 5.74) is 2.90. The van der Waals surface area contributed by atoms with Gasteiger partial charge in [-0.2, -0.15) is 10.5 Å². The first-order chi connectivity index (χ1) is 17.0. The van der Waals surface area contributed by atoms with Crippen LogP contribution in [0.2, 0.25) is 5.02 Å². The molecule has 0 saturated carbocycles. The summed E-state index contributed by atoms with van der Waals surface area (Å²) >= 11 is 6.44. The van der Waals surface area contributed by atoms with Crippen LogP contribution in [0.4, 0.5) is 0 Å². The van der Waals surface area contributed by atoms with Crippen molar-refractivity contribution < 1.29 is 14.3 Å². The third-order valence-electron chi connectivity index (χ3n) is 5.21. The summed E-state index contributed by atoms with van der Waals surface area (Å²) in [5, 5.41) is 21.8. The molecule has 1 amide bonds. The first-order valence-corrected chi connectivity index (χ1v) is 11.4. The molecular weight excluding hydrogens is 462 g/mol. The maximum absolute atomic E-state index is 12.5. The van der Waals surface area contributed by atoms with Gasteiger partial charge < -0.3 is 14.8 Å². The van der Waals surface area contributed by atoms with Crippen LogP contribution in [0.3, 0.4) is 0 Å². The number of amides is 1. The molecular formula is C28H24ClN3O3. The first kappa shape index (κ1) is 25.4. The maximum atomic E-state index is 12.5. The zero-order valence-electron chi connectivity index (χ0n) is 19.3. The van der Waals surface area contributed by atoms with E-state index in [0.29, 0.717) is 34.7 Å². The average molecular weight is 486 g/mol. The SMILES string of the molecule is COc1cc(/C=C(/C#N)C(=O)NCCCc2ccccc2)cc(Cl)c1OCc1ccccc1C#N. The molecule has 6 nitrogen and oxygen atoms in total. The van der Waals surface area contributed by atoms with Crippen molar-refractivity contribution in [3.05, 3.63) is 99.6 Å². The van der Waals surface area contributed by atoms with Crippen LogP contribution in [-0.4, -0.2) is 19.6 Å². The van der Waals surface area contributed by atoms with E-state index in [4.69, 9.17) is 21.1 Å². The lowest BCUT2D eigenvalue weighted by Gasteiger charge is -2.14. The number of ether oxygens (including phenoxy) is 2. The van der Waals surface area contributed by atoms with Crippen LogP contribution in [0.25, 0.3) is 6.08 Å². The number of benzene rings is 3. The molecule has 0 radical (unpaired) electrons. The number of methoxy groups -OCH3 is 1. The predicted octanol–water partition coefficient (Wildman–Crippen LogP) is 5.46. The van der Waals surface area contributed by atoms with Crippen molar-refractivity contribution in [1.82, 2.24) is 5.32 Å². The van der Waals surface area contributed by atoms with Crippen LogP contribution in [-0.2, 0) is 17.8 Å². The highest BCUT2D eigenvalue weighted by molar-refractivity contribution is 6.32. The predicted molar refractivity (Wildman–Crippen MR) is 135 cm³/mol. The Labute approximate surface area is 210 Å². The fraction of sp³-hybridized carbons (Fsp3) is 0.179. The molecule has 3 rings (SSSR count). The van der Waals surface area contributed by atoms with Gasteiger partial charge in [-0.05, 0) is 48.2 Å². The van der Waals surface area contributed by atoms with Crippen LogP contribution in [0, 0.1) is 22.7 Å². The molecule has 3 aromatic rings. The van der Waals surface area contributed by atoms with Gasteiger partial charge in [0.25, 0.3) is 5.91 Å². The second kappa shape index (κ2) is 12.8. The fourth-order valence-corrected chi connectivity index (χ4v) is 3.69. The summed E-state index contributed by atoms with van der Waals surface area (Å²) in [5.74, 6) is 0.200. The van der Waals surface area contributed by atoms with Crippen molar-refractivity contribution in [1.29, 1.82) is 10.5 Å². The number of carbonyl (C=O) groups is 1. The summed E-state index contributed by atoms with van der Waals surface area (Å²) in [6.07, 6.45) is 3.05. The van der Waals surface area contributed by atoms with Gasteiger partial charge in [-0.3, -0.25) is 4.79 Å². The minimum absolute atomic E-state index is 0.0422. The van der Waals surface area contributed by atoms with Gasteiger partial charge in [-0.25, -0.2) is 0 Å². The molecule has 0 saturated heterocycles. The molecule has 0 aliphatic heterocycles. The quantitative estimate of drug-likeness (QED) is 0.234. The van der Waals surface area contributed by atoms with E-state index in [-0.39, 0.29) is 17.2 Å². The number of halogens is 1. The van der Waals surface area contributed by atoms with Crippen LogP contribution >= 0.6 is 11.6 Å². The van der Waals surface area contributed by atoms with Gasteiger partial charge in [0.05, 0.1) is 23.8 Å². The molecule has 0 unspecified atom stereocenters. The second-order valence-electron chi connectivity index (χ2n) is 7.61. The first-order valence-electron chi connectivity index (χ1n) is 11.0. The highest BCUT2D eigenvalue weighted by Crippen LogP contribution is 2.37. The molecule has 0 aliphatic carbocycles. The van der Waals surface area contributed by atoms with Gasteiger partial charge in [0.2, 0.25) is 0 Å². The molecule has 7 heteroatoms. The van der Waals surface area contributed by atoms with E-state index < -0.39 is 5.91 Å². The molecule has 0 heterocycles. The lowest BCUT2D eigenvalue weighted by atomic mass is 10.1. The van der Waals surface area contributed by atoms with E-state index in [1.54, 1.807) is 30.3 Å². The molecule has 0 aliphatic rings. The second-order valence-corrected chi connectivity index (χ2v) is 8.01. The summed E-state index contributed by atoms with van der Waals surface area (Å²) in [4.78, 5) is 12.5. The Bertz CT molecular complexity index is 1290. The van der Waals surface area contributed by atoms with E-state index in [2.05, 4.69) is 11.4 Å². The van der Waals surface area contributed by atoms with E-state index in [1.807, 2.05) is 42.5 Å². The molecule has 0 aromatic heterocycles. The number of aryl methyl sites for hydroxylation is 1. The Morgan fingerprint density at radius 2 is 1.83 bits per heavy atom. The summed E-state index contributed by atoms with van der Waals surface area (Å²) in [7, 11) is 1.47. The molecule has 0 fully saturated rings. The van der Waals surface area contributed by atoms with Crippen molar-refractivity contribution in [2.24, 2.45) is 0 Å². The van der Waals surface area contributed by atoms with Gasteiger partial charge >= 0.3 is 0 Å². The van der Waals surface area contributed by atoms with Gasteiger partial charge in [-0.1, -0.05) is 60.1 Å². The third-order valence-corrected chi connectivity index (χ3v) is 5.49. The van der Waals surface area contributed by atoms with Crippen molar-refractivity contribution in [3.63, 3.8) is 0 Å². The lowest BCUT2D eigenvalue weighted by molar-refractivity contribution is -0.117. The van der Waals surface area contributed by atoms with Gasteiger partial charge in [0.15, 0.2) is 11.5 Å². The molecule has 0 spiro atoms. The topological polar surface area (TPSA) is 95.1 Å². The zero-order valence-corrected chi connectivity index (χ0v) is 20.0. The lowest BCUT2D eigenvalue weighted by Crippen LogP contribution is -2.25. The standard InChI is InChI=1S/C28H24ClN3O3/c1-34-26-16-21(15-25(29)27(26)35-19-23-12-6-5-11-22(23)17-30)14-24(18-31)28(33)32-13-7-10-20-8-3-2-4-9-20/h2-6,8-9,11-12,14-16H,7,10,13,19H2,1H3,(H,32,33)/b24-14-. The van der Waals surface area contributed by atoms with Crippen LogP contribution < -0.4 is 14.8 Å². The van der Waals surface area contributed by atoms with Crippen molar-refractivity contribution >= 4 is 23.6 Å². The van der Waals surface area contributed by atoms with Crippen LogP contribution in [0.5, 0.6) is 11.5 Å². The third kappa shape index (κ3) is 7.11. The number of hydrogen-bond donors (Lipinski definition) is 1. The number of nitrogens with zero attached hydrogens (tertiary/aromatic N) is 2. The summed E-state index contributed by atoms with van der Waals surface area (Å²) < 4.78 is 11.3. The van der Waals surface area contributed by atoms with E-state index in [0.717, 1.165) is 12.8 Å². The smallest absolute Gasteiger partial charge is 0.261 e. The number of nitriles is 2. The van der Waals surface area contributed by atoms with Gasteiger partial charge in [-0.15, -0.1) is 0 Å². The highest BCUT2D eigenvalue weighted by atomic mass is 35.5. The summed E-state index contributed by atoms with van der Waals surface area (Å²) in [6, 6.07) is 24.4. The van der Waals surface area contributed by atoms with E-state index in [9.17, 15) is 15.3 Å². The zero-order chi connectivity index (χ0) is 25.0. The van der Waals surface area contributed by atoms with Crippen molar-refractivity contribution in [3.8, 4) is 23.6 Å². The molecule has 0 bridgehead atoms. The molecule has 1 N–H and O–H groups in total. The van der Waals surface area contributed by atoms with Crippen molar-refractivity contribution in [2.45, 2.75) is 19.4 Å². The number of rotatable bonds is 10. The number of nitrogens with one attached hydrogen (secondary N) is 1. The Hall–Kier alpha value is -4.26. The monoisotopic (exact) mass is 485 g/mol. The minimum Gasteiger partial charge on any atom is -0.493 e. The number of hydrogen-bond acceptors (Lipinski definition) is 5. The van der Waals surface area contributed by atoms with Gasteiger partial charge in [0, 0.05) is 12.1 Å². The van der Waals surface area contributed by atoms with Crippen molar-refractivity contribution in [2.75, 3.05) is 13.7 Å². The average Bonchev–Trinajstić information content (AvgIpc) is 2.89. The minimum atomic E-state index is -0.455. The Kier molecular flexibility index (Phi) is 9.31.